The summed E-state index contributed by atoms with van der Waals surface area (Å²) in [5.74, 6) is 0.104. The van der Waals surface area contributed by atoms with Crippen molar-refractivity contribution >= 4 is 35.0 Å². The van der Waals surface area contributed by atoms with Crippen LogP contribution in [0.4, 0.5) is 11.4 Å². The number of anilines is 1. The first-order valence-electron chi connectivity index (χ1n) is 10.4. The third kappa shape index (κ3) is 6.33. The number of nitrogens with one attached hydrogen (secondary N) is 2. The van der Waals surface area contributed by atoms with E-state index in [9.17, 15) is 24.8 Å². The van der Waals surface area contributed by atoms with Crippen molar-refractivity contribution in [1.29, 1.82) is 0 Å². The van der Waals surface area contributed by atoms with Gasteiger partial charge in [0.05, 0.1) is 30.1 Å². The molecule has 0 radical (unpaired) electrons. The Morgan fingerprint density at radius 3 is 2.57 bits per heavy atom. The van der Waals surface area contributed by atoms with E-state index in [1.54, 1.807) is 48.9 Å². The van der Waals surface area contributed by atoms with Gasteiger partial charge in [0.1, 0.15) is 11.8 Å². The molecule has 0 aliphatic rings. The Labute approximate surface area is 204 Å². The molecular formula is C22H24N6O6S. The molecule has 0 fully saturated rings. The van der Waals surface area contributed by atoms with Gasteiger partial charge >= 0.3 is 0 Å². The van der Waals surface area contributed by atoms with Crippen LogP contribution < -0.4 is 15.4 Å². The van der Waals surface area contributed by atoms with E-state index in [0.29, 0.717) is 33.5 Å². The van der Waals surface area contributed by atoms with Gasteiger partial charge in [-0.15, -0.1) is 10.2 Å². The van der Waals surface area contributed by atoms with Crippen LogP contribution in [0.5, 0.6) is 5.75 Å². The molecular weight excluding hydrogens is 476 g/mol. The van der Waals surface area contributed by atoms with Crippen LogP contribution in [0.2, 0.25) is 0 Å². The van der Waals surface area contributed by atoms with Gasteiger partial charge in [0.15, 0.2) is 11.0 Å². The van der Waals surface area contributed by atoms with Crippen LogP contribution in [-0.2, 0) is 11.8 Å². The van der Waals surface area contributed by atoms with Crippen LogP contribution in [0.3, 0.4) is 0 Å². The smallest absolute Gasteiger partial charge is 0.271 e. The lowest BCUT2D eigenvalue weighted by Gasteiger charge is -2.16. The summed E-state index contributed by atoms with van der Waals surface area (Å²) in [6, 6.07) is 9.91. The number of methoxy groups -OCH3 is 1. The molecule has 3 rings (SSSR count). The second kappa shape index (κ2) is 11.4. The summed E-state index contributed by atoms with van der Waals surface area (Å²) in [6.45, 7) is 1.32. The zero-order valence-corrected chi connectivity index (χ0v) is 20.0. The summed E-state index contributed by atoms with van der Waals surface area (Å²) in [4.78, 5) is 35.4. The minimum absolute atomic E-state index is 0.0316. The molecule has 0 aliphatic carbocycles. The van der Waals surface area contributed by atoms with Crippen molar-refractivity contribution in [3.63, 3.8) is 0 Å². The van der Waals surface area contributed by atoms with Crippen molar-refractivity contribution in [2.45, 2.75) is 18.1 Å². The Morgan fingerprint density at radius 1 is 1.23 bits per heavy atom. The number of ether oxygens (including phenoxy) is 1. The Balaban J connectivity index is 1.63. The van der Waals surface area contributed by atoms with Gasteiger partial charge in [0.25, 0.3) is 11.6 Å². The van der Waals surface area contributed by atoms with Gasteiger partial charge in [0.2, 0.25) is 5.91 Å². The van der Waals surface area contributed by atoms with Crippen molar-refractivity contribution in [1.82, 2.24) is 20.1 Å². The number of nitrogens with zero attached hydrogens (tertiary/aromatic N) is 4. The minimum atomic E-state index is -0.821. The number of non-ortho nitro benzene ring substituents is 1. The van der Waals surface area contributed by atoms with Gasteiger partial charge in [-0.1, -0.05) is 17.8 Å². The fraction of sp³-hybridized carbons (Fsp3) is 0.273. The normalized spacial score (nSPS) is 11.5. The molecule has 0 saturated heterocycles. The van der Waals surface area contributed by atoms with Crippen LogP contribution >= 0.6 is 11.8 Å². The Bertz CT molecular complexity index is 1230. The lowest BCUT2D eigenvalue weighted by Crippen LogP contribution is -2.32. The van der Waals surface area contributed by atoms with Crippen LogP contribution in [0.15, 0.2) is 47.6 Å². The summed E-state index contributed by atoms with van der Waals surface area (Å²) in [7, 11) is 3.18. The fourth-order valence-corrected chi connectivity index (χ4v) is 3.82. The Kier molecular flexibility index (Phi) is 8.39. The summed E-state index contributed by atoms with van der Waals surface area (Å²) in [6.07, 6.45) is 0. The molecule has 0 unspecified atom stereocenters. The first-order chi connectivity index (χ1) is 16.7. The summed E-state index contributed by atoms with van der Waals surface area (Å²) < 4.78 is 6.66. The average Bonchev–Trinajstić information content (AvgIpc) is 3.22. The second-order valence-corrected chi connectivity index (χ2v) is 8.37. The number of thioether (sulfide) groups is 1. The molecule has 0 bridgehead atoms. The Morgan fingerprint density at radius 2 is 1.94 bits per heavy atom. The fourth-order valence-electron chi connectivity index (χ4n) is 3.11. The van der Waals surface area contributed by atoms with E-state index in [4.69, 9.17) is 4.74 Å². The van der Waals surface area contributed by atoms with E-state index in [2.05, 4.69) is 20.8 Å². The highest BCUT2D eigenvalue weighted by atomic mass is 32.2. The number of amides is 2. The summed E-state index contributed by atoms with van der Waals surface area (Å²) >= 11 is 1.09. The SMILES string of the molecule is COc1ccc(C(=O)N[C@@H](CO)c2nnc(SCC(=O)Nc3cc([N+](=O)[O-])ccc3C)n2C)cc1. The first kappa shape index (κ1) is 25.6. The van der Waals surface area contributed by atoms with E-state index in [1.165, 1.54) is 19.2 Å². The van der Waals surface area contributed by atoms with Crippen molar-refractivity contribution in [2.75, 3.05) is 24.8 Å². The van der Waals surface area contributed by atoms with Gasteiger partial charge in [-0.2, -0.15) is 0 Å². The zero-order valence-electron chi connectivity index (χ0n) is 19.2. The molecule has 3 N–H and O–H groups in total. The van der Waals surface area contributed by atoms with Crippen molar-refractivity contribution in [2.24, 2.45) is 7.05 Å². The molecule has 13 heteroatoms. The van der Waals surface area contributed by atoms with Crippen molar-refractivity contribution in [3.8, 4) is 5.75 Å². The van der Waals surface area contributed by atoms with E-state index in [1.807, 2.05) is 0 Å². The van der Waals surface area contributed by atoms with Gasteiger partial charge in [-0.3, -0.25) is 19.7 Å². The third-order valence-electron chi connectivity index (χ3n) is 5.06. The molecule has 0 saturated carbocycles. The number of hydrogen-bond acceptors (Lipinski definition) is 9. The highest BCUT2D eigenvalue weighted by Gasteiger charge is 2.22. The maximum atomic E-state index is 12.6. The van der Waals surface area contributed by atoms with Crippen LogP contribution in [0.1, 0.15) is 27.8 Å². The summed E-state index contributed by atoms with van der Waals surface area (Å²) in [5, 5.41) is 34.7. The maximum Gasteiger partial charge on any atom is 0.271 e. The predicted molar refractivity (Wildman–Crippen MR) is 128 cm³/mol. The second-order valence-electron chi connectivity index (χ2n) is 7.43. The lowest BCUT2D eigenvalue weighted by molar-refractivity contribution is -0.384. The zero-order chi connectivity index (χ0) is 25.5. The molecule has 184 valence electrons. The monoisotopic (exact) mass is 500 g/mol. The topological polar surface area (TPSA) is 162 Å². The first-order valence-corrected chi connectivity index (χ1v) is 11.3. The number of nitro groups is 1. The van der Waals surface area contributed by atoms with Gasteiger partial charge in [-0.25, -0.2) is 0 Å². The number of rotatable bonds is 10. The lowest BCUT2D eigenvalue weighted by atomic mass is 10.2. The average molecular weight is 501 g/mol. The van der Waals surface area contributed by atoms with Crippen molar-refractivity contribution in [3.05, 3.63) is 69.5 Å². The maximum absolute atomic E-state index is 12.6. The van der Waals surface area contributed by atoms with Crippen molar-refractivity contribution < 1.29 is 24.4 Å². The van der Waals surface area contributed by atoms with Gasteiger partial charge < -0.3 is 25.0 Å². The number of benzene rings is 2. The largest absolute Gasteiger partial charge is 0.497 e. The molecule has 2 aromatic carbocycles. The number of aliphatic hydroxyl groups excluding tert-OH is 1. The standard InChI is InChI=1S/C22H24N6O6S/c1-13-4-7-15(28(32)33)10-17(13)23-19(30)12-35-22-26-25-20(27(22)2)18(11-29)24-21(31)14-5-8-16(34-3)9-6-14/h4-10,18,29H,11-12H2,1-3H3,(H,23,30)(H,24,31)/t18-/m0/s1. The van der Waals surface area contributed by atoms with Crippen LogP contribution in [-0.4, -0.2) is 56.1 Å². The van der Waals surface area contributed by atoms with Gasteiger partial charge in [-0.05, 0) is 36.8 Å². The van der Waals surface area contributed by atoms with E-state index in [-0.39, 0.29) is 17.3 Å². The highest BCUT2D eigenvalue weighted by molar-refractivity contribution is 7.99. The molecule has 1 atom stereocenters. The summed E-state index contributed by atoms with van der Waals surface area (Å²) in [5.41, 5.74) is 1.30. The van der Waals surface area contributed by atoms with Crippen LogP contribution in [0, 0.1) is 17.0 Å². The molecule has 12 nitrogen and oxygen atoms in total. The molecule has 0 aliphatic heterocycles. The molecule has 35 heavy (non-hydrogen) atoms. The number of aromatic nitrogens is 3. The molecule has 2 amide bonds. The number of carbonyl (C=O) groups excluding carboxylic acids is 2. The third-order valence-corrected chi connectivity index (χ3v) is 6.08. The number of aliphatic hydroxyl groups is 1. The van der Waals surface area contributed by atoms with E-state index in [0.717, 1.165) is 11.8 Å². The van der Waals surface area contributed by atoms with E-state index < -0.39 is 23.5 Å². The van der Waals surface area contributed by atoms with Gasteiger partial charge in [0, 0.05) is 24.7 Å². The number of aryl methyl sites for hydroxylation is 1. The van der Waals surface area contributed by atoms with Crippen LogP contribution in [0.25, 0.3) is 0 Å². The van der Waals surface area contributed by atoms with E-state index >= 15 is 0 Å². The molecule has 3 aromatic rings. The molecule has 0 spiro atoms. The quantitative estimate of drug-likeness (QED) is 0.215. The molecule has 1 heterocycles. The highest BCUT2D eigenvalue weighted by Crippen LogP contribution is 2.23. The molecule has 1 aromatic heterocycles. The minimum Gasteiger partial charge on any atom is -0.497 e. The number of carbonyl (C=O) groups is 2. The Hall–Kier alpha value is -3.97. The number of hydrogen-bond donors (Lipinski definition) is 3. The number of nitro benzene ring substituents is 1. The predicted octanol–water partition coefficient (Wildman–Crippen LogP) is 2.23.